The van der Waals surface area contributed by atoms with Crippen molar-refractivity contribution in [3.8, 4) is 5.75 Å². The van der Waals surface area contributed by atoms with E-state index in [0.717, 1.165) is 6.07 Å². The van der Waals surface area contributed by atoms with Gasteiger partial charge < -0.3 is 20.6 Å². The normalized spacial score (nSPS) is 16.0. The topological polar surface area (TPSA) is 196 Å². The van der Waals surface area contributed by atoms with Gasteiger partial charge in [-0.15, -0.1) is 0 Å². The fourth-order valence-electron chi connectivity index (χ4n) is 5.13. The Kier molecular flexibility index (Phi) is 9.55. The highest BCUT2D eigenvalue weighted by Crippen LogP contribution is 2.47. The number of nitrogens with one attached hydrogen (secondary N) is 2. The molecule has 2 unspecified atom stereocenters. The van der Waals surface area contributed by atoms with Crippen LogP contribution >= 0.6 is 7.37 Å². The van der Waals surface area contributed by atoms with Crippen molar-refractivity contribution in [1.82, 2.24) is 15.5 Å². The Hall–Kier alpha value is -3.83. The summed E-state index contributed by atoms with van der Waals surface area (Å²) < 4.78 is 13.5. The number of carbonyl (C=O) groups excluding carboxylic acids is 4. The van der Waals surface area contributed by atoms with Gasteiger partial charge in [0.25, 0.3) is 11.8 Å². The molecule has 3 rings (SSSR count). The summed E-state index contributed by atoms with van der Waals surface area (Å²) in [5, 5.41) is 26.9. The predicted molar refractivity (Wildman–Crippen MR) is 151 cm³/mol. The SMILES string of the molecule is CNC(=O)[C@H](CC(C)C)NC(=O)C(CC(C)C)CP(=O)(O)CN1C(=O)c2cccc3c([N+](=O)[O-])c(O)cc(c23)C1=O. The first-order valence-corrected chi connectivity index (χ1v) is 15.2. The lowest BCUT2D eigenvalue weighted by molar-refractivity contribution is -0.384. The van der Waals surface area contributed by atoms with Crippen LogP contribution in [0.4, 0.5) is 5.69 Å². The minimum absolute atomic E-state index is 0.0292. The van der Waals surface area contributed by atoms with E-state index in [1.807, 2.05) is 27.7 Å². The van der Waals surface area contributed by atoms with Crippen LogP contribution < -0.4 is 10.6 Å². The Morgan fingerprint density at radius 1 is 1.05 bits per heavy atom. The Morgan fingerprint density at radius 3 is 2.22 bits per heavy atom. The van der Waals surface area contributed by atoms with Crippen molar-refractivity contribution < 1.29 is 38.7 Å². The van der Waals surface area contributed by atoms with Crippen LogP contribution in [0.2, 0.25) is 0 Å². The van der Waals surface area contributed by atoms with E-state index in [9.17, 15) is 43.9 Å². The molecule has 2 aromatic carbocycles. The molecule has 1 heterocycles. The van der Waals surface area contributed by atoms with E-state index in [1.165, 1.54) is 25.2 Å². The van der Waals surface area contributed by atoms with Crippen LogP contribution in [0.5, 0.6) is 5.75 Å². The first kappa shape index (κ1) is 31.7. The number of nitrogens with zero attached hydrogens (tertiary/aromatic N) is 2. The minimum Gasteiger partial charge on any atom is -0.502 e. The van der Waals surface area contributed by atoms with E-state index in [-0.39, 0.29) is 40.2 Å². The largest absolute Gasteiger partial charge is 0.502 e. The van der Waals surface area contributed by atoms with Crippen LogP contribution in [0.25, 0.3) is 10.8 Å². The van der Waals surface area contributed by atoms with Gasteiger partial charge in [0.1, 0.15) is 12.3 Å². The molecule has 13 nitrogen and oxygen atoms in total. The van der Waals surface area contributed by atoms with Crippen molar-refractivity contribution in [2.24, 2.45) is 17.8 Å². The summed E-state index contributed by atoms with van der Waals surface area (Å²) in [7, 11) is -2.93. The smallest absolute Gasteiger partial charge is 0.318 e. The molecule has 0 radical (unpaired) electrons. The van der Waals surface area contributed by atoms with Crippen molar-refractivity contribution in [3.05, 3.63) is 45.5 Å². The molecule has 222 valence electrons. The number of hydrogen-bond acceptors (Lipinski definition) is 8. The fraction of sp³-hybridized carbons (Fsp3) is 0.481. The van der Waals surface area contributed by atoms with E-state index >= 15 is 0 Å². The number of nitro groups is 1. The lowest BCUT2D eigenvalue weighted by Gasteiger charge is -2.30. The Balaban J connectivity index is 1.91. The molecule has 0 aliphatic carbocycles. The zero-order valence-corrected chi connectivity index (χ0v) is 24.4. The van der Waals surface area contributed by atoms with E-state index in [4.69, 9.17) is 0 Å². The van der Waals surface area contributed by atoms with Crippen molar-refractivity contribution in [1.29, 1.82) is 0 Å². The summed E-state index contributed by atoms with van der Waals surface area (Å²) >= 11 is 0. The number of nitro benzene ring substituents is 1. The van der Waals surface area contributed by atoms with Gasteiger partial charge in [0.05, 0.1) is 15.9 Å². The van der Waals surface area contributed by atoms with Gasteiger partial charge in [-0.2, -0.15) is 0 Å². The quantitative estimate of drug-likeness (QED) is 0.124. The zero-order chi connectivity index (χ0) is 30.8. The molecule has 0 saturated heterocycles. The van der Waals surface area contributed by atoms with Gasteiger partial charge in [0, 0.05) is 36.1 Å². The highest BCUT2D eigenvalue weighted by atomic mass is 31.2. The van der Waals surface area contributed by atoms with Crippen molar-refractivity contribution >= 4 is 47.5 Å². The molecular formula is C27H35N4O9P. The van der Waals surface area contributed by atoms with Crippen LogP contribution in [-0.2, 0) is 14.2 Å². The number of likely N-dealkylation sites (N-methyl/N-ethyl adjacent to an activating group) is 1. The van der Waals surface area contributed by atoms with Crippen LogP contribution in [0, 0.1) is 27.9 Å². The molecule has 1 aliphatic heterocycles. The predicted octanol–water partition coefficient (Wildman–Crippen LogP) is 3.22. The molecule has 2 aromatic rings. The molecule has 41 heavy (non-hydrogen) atoms. The number of aromatic hydroxyl groups is 1. The molecule has 14 heteroatoms. The summed E-state index contributed by atoms with van der Waals surface area (Å²) in [6, 6.07) is 4.00. The molecule has 0 saturated carbocycles. The van der Waals surface area contributed by atoms with Crippen LogP contribution in [0.15, 0.2) is 24.3 Å². The second kappa shape index (κ2) is 12.4. The molecule has 1 aliphatic rings. The lowest BCUT2D eigenvalue weighted by Crippen LogP contribution is -2.49. The monoisotopic (exact) mass is 590 g/mol. The zero-order valence-electron chi connectivity index (χ0n) is 23.5. The maximum atomic E-state index is 13.5. The molecule has 4 N–H and O–H groups in total. The van der Waals surface area contributed by atoms with Gasteiger partial charge in [0.2, 0.25) is 19.2 Å². The molecule has 0 spiro atoms. The number of benzene rings is 2. The van der Waals surface area contributed by atoms with Crippen molar-refractivity contribution in [2.45, 2.75) is 46.6 Å². The Morgan fingerprint density at radius 2 is 1.66 bits per heavy atom. The van der Waals surface area contributed by atoms with Crippen LogP contribution in [0.1, 0.15) is 61.3 Å². The maximum Gasteiger partial charge on any atom is 0.318 e. The highest BCUT2D eigenvalue weighted by molar-refractivity contribution is 7.58. The summed E-state index contributed by atoms with van der Waals surface area (Å²) in [5.41, 5.74) is -0.988. The number of imide groups is 1. The number of amides is 4. The van der Waals surface area contributed by atoms with Gasteiger partial charge in [-0.25, -0.2) is 0 Å². The third kappa shape index (κ3) is 6.91. The average Bonchev–Trinajstić information content (AvgIpc) is 2.87. The van der Waals surface area contributed by atoms with Gasteiger partial charge >= 0.3 is 5.69 Å². The Labute approximate surface area is 236 Å². The Bertz CT molecular complexity index is 1460. The van der Waals surface area contributed by atoms with Gasteiger partial charge in [-0.1, -0.05) is 33.8 Å². The number of hydrogen-bond donors (Lipinski definition) is 4. The van der Waals surface area contributed by atoms with Crippen molar-refractivity contribution in [3.63, 3.8) is 0 Å². The molecular weight excluding hydrogens is 555 g/mol. The van der Waals surface area contributed by atoms with E-state index in [0.29, 0.717) is 11.3 Å². The average molecular weight is 591 g/mol. The number of carbonyl (C=O) groups is 4. The third-order valence-corrected chi connectivity index (χ3v) is 8.56. The summed E-state index contributed by atoms with van der Waals surface area (Å²) in [6.07, 6.45) is -0.910. The first-order valence-electron chi connectivity index (χ1n) is 13.2. The second-order valence-corrected chi connectivity index (χ2v) is 13.5. The highest BCUT2D eigenvalue weighted by Gasteiger charge is 2.41. The lowest BCUT2D eigenvalue weighted by atomic mass is 9.93. The standard InChI is InChI=1S/C27H35N4O9P/c1-14(2)9-16(24(33)29-20(10-15(3)4)25(34)28-5)12-41(39,40)13-30-26(35)18-8-6-7-17-22(18)19(27(30)36)11-21(32)23(17)31(37)38/h6-8,11,14-16,20,32H,9-10,12-13H2,1-5H3,(H,28,34)(H,29,33)(H,39,40)/t16?,20-/m0/s1. The van der Waals surface area contributed by atoms with Crippen molar-refractivity contribution in [2.75, 3.05) is 19.5 Å². The second-order valence-electron chi connectivity index (χ2n) is 11.1. The summed E-state index contributed by atoms with van der Waals surface area (Å²) in [4.78, 5) is 74.5. The van der Waals surface area contributed by atoms with Gasteiger partial charge in [-0.3, -0.25) is 38.8 Å². The number of phenols is 1. The minimum atomic E-state index is -4.38. The third-order valence-electron chi connectivity index (χ3n) is 6.83. The van der Waals surface area contributed by atoms with E-state index in [2.05, 4.69) is 10.6 Å². The number of phenolic OH excluding ortho intramolecular Hbond substituents is 1. The number of rotatable bonds is 12. The summed E-state index contributed by atoms with van der Waals surface area (Å²) in [6.45, 7) is 7.43. The molecule has 0 aromatic heterocycles. The van der Waals surface area contributed by atoms with Gasteiger partial charge in [-0.05, 0) is 36.8 Å². The first-order chi connectivity index (χ1) is 19.1. The maximum absolute atomic E-state index is 13.5. The molecule has 0 fully saturated rings. The molecule has 3 atom stereocenters. The molecule has 4 amide bonds. The van der Waals surface area contributed by atoms with E-state index < -0.39 is 71.8 Å². The van der Waals surface area contributed by atoms with Crippen LogP contribution in [-0.4, -0.2) is 69.0 Å². The van der Waals surface area contributed by atoms with Gasteiger partial charge in [0.15, 0.2) is 5.75 Å². The summed E-state index contributed by atoms with van der Waals surface area (Å²) in [5.74, 6) is -4.68. The van der Waals surface area contributed by atoms with E-state index in [1.54, 1.807) is 0 Å². The fourth-order valence-corrected chi connectivity index (χ4v) is 6.95. The van der Waals surface area contributed by atoms with Crippen LogP contribution in [0.3, 0.4) is 0 Å². The molecule has 0 bridgehead atoms.